The second kappa shape index (κ2) is 7.32. The monoisotopic (exact) mass is 386 g/mol. The lowest BCUT2D eigenvalue weighted by Crippen LogP contribution is -2.29. The molecule has 0 saturated carbocycles. The van der Waals surface area contributed by atoms with Crippen molar-refractivity contribution in [2.75, 3.05) is 10.6 Å². The second-order valence-electron chi connectivity index (χ2n) is 8.59. The molecule has 29 heavy (non-hydrogen) atoms. The van der Waals surface area contributed by atoms with E-state index in [0.29, 0.717) is 23.8 Å². The second-order valence-corrected chi connectivity index (χ2v) is 8.59. The molecule has 0 unspecified atom stereocenters. The van der Waals surface area contributed by atoms with Gasteiger partial charge in [0.2, 0.25) is 5.95 Å². The van der Waals surface area contributed by atoms with Gasteiger partial charge in [0.25, 0.3) is 0 Å². The van der Waals surface area contributed by atoms with E-state index in [2.05, 4.69) is 24.5 Å². The maximum atomic E-state index is 13.0. The molecule has 0 fully saturated rings. The molecule has 4 rings (SSSR count). The zero-order chi connectivity index (χ0) is 20.6. The van der Waals surface area contributed by atoms with Gasteiger partial charge in [-0.25, -0.2) is 4.98 Å². The molecule has 5 heteroatoms. The van der Waals surface area contributed by atoms with Gasteiger partial charge in [-0.15, -0.1) is 0 Å². The Hall–Kier alpha value is -3.21. The zero-order valence-corrected chi connectivity index (χ0v) is 17.3. The third-order valence-electron chi connectivity index (χ3n) is 5.22. The van der Waals surface area contributed by atoms with Crippen LogP contribution in [0.15, 0.2) is 48.5 Å². The van der Waals surface area contributed by atoms with Crippen LogP contribution >= 0.6 is 0 Å². The molecule has 5 nitrogen and oxygen atoms in total. The molecule has 1 aromatic heterocycles. The number of nitrogens with zero attached hydrogens (tertiary/aromatic N) is 2. The van der Waals surface area contributed by atoms with Crippen molar-refractivity contribution in [3.8, 4) is 0 Å². The molecular weight excluding hydrogens is 360 g/mol. The smallest absolute Gasteiger partial charge is 0.229 e. The average Bonchev–Trinajstić information content (AvgIpc) is 2.62. The van der Waals surface area contributed by atoms with Gasteiger partial charge >= 0.3 is 0 Å². The summed E-state index contributed by atoms with van der Waals surface area (Å²) in [6.07, 6.45) is 1.23. The number of benzene rings is 2. The quantitative estimate of drug-likeness (QED) is 0.599. The van der Waals surface area contributed by atoms with Crippen LogP contribution in [0.4, 0.5) is 23.1 Å². The van der Waals surface area contributed by atoms with Crippen molar-refractivity contribution < 1.29 is 4.79 Å². The molecule has 0 saturated heterocycles. The van der Waals surface area contributed by atoms with Gasteiger partial charge in [-0.05, 0) is 55.0 Å². The van der Waals surface area contributed by atoms with Gasteiger partial charge in [0.15, 0.2) is 5.78 Å². The number of aryl methyl sites for hydroxylation is 2. The Morgan fingerprint density at radius 3 is 2.48 bits per heavy atom. The number of nitrogens with one attached hydrogen (secondary N) is 2. The molecule has 0 bridgehead atoms. The van der Waals surface area contributed by atoms with Gasteiger partial charge in [0.05, 0.1) is 11.3 Å². The Kier molecular flexibility index (Phi) is 4.82. The van der Waals surface area contributed by atoms with Gasteiger partial charge in [0, 0.05) is 17.8 Å². The van der Waals surface area contributed by atoms with Gasteiger partial charge in [-0.3, -0.25) is 4.79 Å². The molecule has 0 spiro atoms. The average molecular weight is 386 g/mol. The highest BCUT2D eigenvalue weighted by atomic mass is 16.1. The number of carbonyl (C=O) groups excluding carboxylic acids is 1. The van der Waals surface area contributed by atoms with Crippen LogP contribution in [-0.4, -0.2) is 15.8 Å². The molecule has 1 aliphatic rings. The summed E-state index contributed by atoms with van der Waals surface area (Å²) in [6, 6.07) is 16.1. The predicted octanol–water partition coefficient (Wildman–Crippen LogP) is 5.74. The largest absolute Gasteiger partial charge is 0.339 e. The number of para-hydroxylation sites is 1. The van der Waals surface area contributed by atoms with Crippen LogP contribution in [-0.2, 0) is 6.42 Å². The molecule has 0 aliphatic heterocycles. The van der Waals surface area contributed by atoms with E-state index in [-0.39, 0.29) is 11.2 Å². The fraction of sp³-hybridized carbons (Fsp3) is 0.292. The summed E-state index contributed by atoms with van der Waals surface area (Å²) in [5.74, 6) is 1.16. The number of rotatable bonds is 4. The summed E-state index contributed by atoms with van der Waals surface area (Å²) < 4.78 is 0. The Bertz CT molecular complexity index is 1090. The van der Waals surface area contributed by atoms with Crippen molar-refractivity contribution in [3.63, 3.8) is 0 Å². The van der Waals surface area contributed by atoms with Crippen molar-refractivity contribution in [3.05, 3.63) is 70.9 Å². The highest BCUT2D eigenvalue weighted by Crippen LogP contribution is 2.38. The Morgan fingerprint density at radius 1 is 0.931 bits per heavy atom. The molecular formula is C24H26N4O. The van der Waals surface area contributed by atoms with Gasteiger partial charge in [-0.2, -0.15) is 4.98 Å². The first kappa shape index (κ1) is 19.1. The topological polar surface area (TPSA) is 66.9 Å². The normalized spacial score (nSPS) is 15.0. The van der Waals surface area contributed by atoms with Crippen LogP contribution in [0.5, 0.6) is 0 Å². The summed E-state index contributed by atoms with van der Waals surface area (Å²) in [5.41, 5.74) is 5.41. The van der Waals surface area contributed by atoms with Crippen LogP contribution in [0.1, 0.15) is 47.4 Å². The van der Waals surface area contributed by atoms with Gasteiger partial charge in [-0.1, -0.05) is 44.2 Å². The fourth-order valence-corrected chi connectivity index (χ4v) is 3.81. The van der Waals surface area contributed by atoms with E-state index in [1.807, 2.05) is 62.4 Å². The maximum absolute atomic E-state index is 13.0. The first-order valence-electron chi connectivity index (χ1n) is 9.91. The minimum atomic E-state index is -0.112. The molecule has 0 radical (unpaired) electrons. The number of anilines is 4. The lowest BCUT2D eigenvalue weighted by atomic mass is 9.75. The highest BCUT2D eigenvalue weighted by Gasteiger charge is 2.35. The third-order valence-corrected chi connectivity index (χ3v) is 5.22. The number of carbonyl (C=O) groups is 1. The number of fused-ring (bicyclic) bond motifs is 1. The molecule has 148 valence electrons. The van der Waals surface area contributed by atoms with E-state index in [1.165, 1.54) is 0 Å². The van der Waals surface area contributed by atoms with Crippen LogP contribution in [0.25, 0.3) is 0 Å². The Balaban J connectivity index is 1.79. The van der Waals surface area contributed by atoms with E-state index in [1.54, 1.807) is 0 Å². The van der Waals surface area contributed by atoms with Crippen molar-refractivity contribution in [2.45, 2.75) is 40.5 Å². The van der Waals surface area contributed by atoms with E-state index in [9.17, 15) is 4.79 Å². The van der Waals surface area contributed by atoms with Crippen molar-refractivity contribution >= 4 is 28.9 Å². The summed E-state index contributed by atoms with van der Waals surface area (Å²) >= 11 is 0. The predicted molar refractivity (Wildman–Crippen MR) is 117 cm³/mol. The summed E-state index contributed by atoms with van der Waals surface area (Å²) in [4.78, 5) is 22.4. The van der Waals surface area contributed by atoms with Crippen molar-refractivity contribution in [1.82, 2.24) is 9.97 Å². The van der Waals surface area contributed by atoms with Crippen LogP contribution in [0.2, 0.25) is 0 Å². The van der Waals surface area contributed by atoms with Gasteiger partial charge < -0.3 is 10.6 Å². The van der Waals surface area contributed by atoms with Gasteiger partial charge in [0.1, 0.15) is 5.82 Å². The molecule has 0 amide bonds. The maximum Gasteiger partial charge on any atom is 0.229 e. The van der Waals surface area contributed by atoms with E-state index >= 15 is 0 Å². The lowest BCUT2D eigenvalue weighted by Gasteiger charge is -2.30. The Morgan fingerprint density at radius 2 is 1.72 bits per heavy atom. The minimum Gasteiger partial charge on any atom is -0.339 e. The van der Waals surface area contributed by atoms with E-state index in [4.69, 9.17) is 9.97 Å². The Labute approximate surface area is 171 Å². The van der Waals surface area contributed by atoms with Crippen LogP contribution in [0, 0.1) is 19.3 Å². The van der Waals surface area contributed by atoms with E-state index < -0.39 is 0 Å². The fourth-order valence-electron chi connectivity index (χ4n) is 3.81. The van der Waals surface area contributed by atoms with Crippen molar-refractivity contribution in [2.24, 2.45) is 5.41 Å². The van der Waals surface area contributed by atoms with Crippen LogP contribution in [0.3, 0.4) is 0 Å². The molecule has 2 aromatic carbocycles. The summed E-state index contributed by atoms with van der Waals surface area (Å²) in [7, 11) is 0. The third kappa shape index (κ3) is 4.14. The number of ketones is 1. The number of aromatic nitrogens is 2. The molecule has 3 aromatic rings. The van der Waals surface area contributed by atoms with Crippen LogP contribution < -0.4 is 10.6 Å². The highest BCUT2D eigenvalue weighted by molar-refractivity contribution is 6.03. The summed E-state index contributed by atoms with van der Waals surface area (Å²) in [5, 5.41) is 6.69. The number of hydrogen-bond donors (Lipinski definition) is 2. The molecule has 2 N–H and O–H groups in total. The standard InChI is InChI=1S/C24H26N4O/c1-15-8-7-10-17(12-15)25-23-27-19-13-24(3,4)14-20(29)21(19)22(28-23)26-18-11-6-5-9-16(18)2/h5-12H,13-14H2,1-4H3,(H2,25,26,27,28). The minimum absolute atomic E-state index is 0.0921. The first-order valence-corrected chi connectivity index (χ1v) is 9.91. The number of Topliss-reactive ketones (excluding diaryl/α,β-unsaturated/α-hetero) is 1. The first-order chi connectivity index (χ1) is 13.8. The molecule has 0 atom stereocenters. The SMILES string of the molecule is Cc1cccc(Nc2nc3c(c(Nc4ccccc4C)n2)C(=O)CC(C)(C)C3)c1. The van der Waals surface area contributed by atoms with E-state index in [0.717, 1.165) is 34.6 Å². The lowest BCUT2D eigenvalue weighted by molar-refractivity contribution is 0.0911. The van der Waals surface area contributed by atoms with Crippen molar-refractivity contribution in [1.29, 1.82) is 0 Å². The zero-order valence-electron chi connectivity index (χ0n) is 17.3. The molecule has 1 aliphatic carbocycles. The number of hydrogen-bond acceptors (Lipinski definition) is 5. The summed E-state index contributed by atoms with van der Waals surface area (Å²) in [6.45, 7) is 8.30. The molecule has 1 heterocycles.